The van der Waals surface area contributed by atoms with Crippen molar-refractivity contribution in [3.05, 3.63) is 47.9 Å². The highest BCUT2D eigenvalue weighted by Crippen LogP contribution is 2.51. The van der Waals surface area contributed by atoms with E-state index in [9.17, 15) is 0 Å². The second-order valence-corrected chi connectivity index (χ2v) is 8.78. The molecule has 5 rings (SSSR count). The molecular weight excluding hydrogens is 424 g/mol. The molecule has 2 atom stereocenters. The normalized spacial score (nSPS) is 22.7. The largest absolute Gasteiger partial charge is 0.493 e. The molecule has 3 heterocycles. The number of fused-ring (bicyclic) bond motifs is 2. The van der Waals surface area contributed by atoms with E-state index >= 15 is 0 Å². The summed E-state index contributed by atoms with van der Waals surface area (Å²) in [7, 11) is 6.46. The third-order valence-electron chi connectivity index (χ3n) is 6.62. The minimum Gasteiger partial charge on any atom is -0.493 e. The number of hydrogen-bond donors (Lipinski definition) is 0. The summed E-state index contributed by atoms with van der Waals surface area (Å²) in [5, 5.41) is 1.87. The van der Waals surface area contributed by atoms with Crippen LogP contribution in [-0.2, 0) is 15.9 Å². The SMILES string of the molecule is COc1cc2cc(C3(C)CCC(C)(c4cc5cc(OC)c(OC)cc5o4)O3)oc2cc1OC. The van der Waals surface area contributed by atoms with E-state index in [1.165, 1.54) is 0 Å². The van der Waals surface area contributed by atoms with Gasteiger partial charge in [0.25, 0.3) is 0 Å². The molecule has 2 aromatic carbocycles. The summed E-state index contributed by atoms with van der Waals surface area (Å²) in [4.78, 5) is 0. The molecule has 7 nitrogen and oxygen atoms in total. The van der Waals surface area contributed by atoms with Crippen molar-refractivity contribution < 1.29 is 32.5 Å². The van der Waals surface area contributed by atoms with Gasteiger partial charge in [0.05, 0.1) is 28.4 Å². The molecule has 33 heavy (non-hydrogen) atoms. The van der Waals surface area contributed by atoms with Crippen LogP contribution in [0.3, 0.4) is 0 Å². The van der Waals surface area contributed by atoms with Gasteiger partial charge in [-0.25, -0.2) is 0 Å². The molecule has 0 radical (unpaired) electrons. The summed E-state index contributed by atoms with van der Waals surface area (Å²) < 4.78 is 40.8. The van der Waals surface area contributed by atoms with Gasteiger partial charge in [-0.15, -0.1) is 0 Å². The van der Waals surface area contributed by atoms with Crippen LogP contribution in [0, 0.1) is 0 Å². The Kier molecular flexibility index (Phi) is 4.97. The van der Waals surface area contributed by atoms with Gasteiger partial charge in [-0.05, 0) is 51.0 Å². The lowest BCUT2D eigenvalue weighted by Crippen LogP contribution is -2.27. The third-order valence-corrected chi connectivity index (χ3v) is 6.62. The summed E-state index contributed by atoms with van der Waals surface area (Å²) in [6.45, 7) is 4.11. The van der Waals surface area contributed by atoms with Gasteiger partial charge in [0.15, 0.2) is 23.0 Å². The molecule has 2 aromatic heterocycles. The monoisotopic (exact) mass is 452 g/mol. The minimum atomic E-state index is -0.609. The average molecular weight is 453 g/mol. The first-order chi connectivity index (χ1) is 15.8. The maximum Gasteiger partial charge on any atom is 0.164 e. The molecule has 0 N–H and O–H groups in total. The zero-order valence-electron chi connectivity index (χ0n) is 19.7. The Morgan fingerprint density at radius 1 is 0.576 bits per heavy atom. The van der Waals surface area contributed by atoms with Gasteiger partial charge >= 0.3 is 0 Å². The van der Waals surface area contributed by atoms with Gasteiger partial charge in [-0.3, -0.25) is 0 Å². The van der Waals surface area contributed by atoms with Crippen molar-refractivity contribution in [3.63, 3.8) is 0 Å². The zero-order valence-corrected chi connectivity index (χ0v) is 19.7. The number of hydrogen-bond acceptors (Lipinski definition) is 7. The van der Waals surface area contributed by atoms with Crippen molar-refractivity contribution in [2.45, 2.75) is 37.9 Å². The molecule has 1 fully saturated rings. The zero-order chi connectivity index (χ0) is 23.4. The molecule has 0 aliphatic carbocycles. The van der Waals surface area contributed by atoms with Crippen molar-refractivity contribution in [2.24, 2.45) is 0 Å². The Morgan fingerprint density at radius 2 is 0.939 bits per heavy atom. The highest BCUT2D eigenvalue weighted by molar-refractivity contribution is 5.83. The minimum absolute atomic E-state index is 0.609. The predicted octanol–water partition coefficient (Wildman–Crippen LogP) is 6.15. The summed E-state index contributed by atoms with van der Waals surface area (Å²) >= 11 is 0. The molecule has 174 valence electrons. The Balaban J connectivity index is 1.50. The number of ether oxygens (including phenoxy) is 5. The van der Waals surface area contributed by atoms with Crippen LogP contribution in [0.15, 0.2) is 45.2 Å². The van der Waals surface area contributed by atoms with Crippen LogP contribution in [0.1, 0.15) is 38.2 Å². The van der Waals surface area contributed by atoms with Gasteiger partial charge in [-0.1, -0.05) is 0 Å². The predicted molar refractivity (Wildman–Crippen MR) is 124 cm³/mol. The quantitative estimate of drug-likeness (QED) is 0.347. The standard InChI is InChI=1S/C26H28O7/c1-25(23-11-15-9-19(27-3)21(29-5)13-17(15)31-23)7-8-26(2,33-25)24-12-16-10-20(28-4)22(30-6)14-18(16)32-24/h9-14H,7-8H2,1-6H3. The first-order valence-electron chi connectivity index (χ1n) is 10.8. The highest BCUT2D eigenvalue weighted by atomic mass is 16.6. The van der Waals surface area contributed by atoms with E-state index in [0.29, 0.717) is 23.0 Å². The van der Waals surface area contributed by atoms with E-state index in [4.69, 9.17) is 32.5 Å². The van der Waals surface area contributed by atoms with E-state index in [1.54, 1.807) is 28.4 Å². The lowest BCUT2D eigenvalue weighted by Gasteiger charge is -2.27. The molecule has 1 aliphatic rings. The fourth-order valence-corrected chi connectivity index (χ4v) is 4.68. The van der Waals surface area contributed by atoms with Crippen molar-refractivity contribution in [1.29, 1.82) is 0 Å². The molecule has 1 aliphatic heterocycles. The Morgan fingerprint density at radius 3 is 1.30 bits per heavy atom. The molecule has 0 bridgehead atoms. The van der Waals surface area contributed by atoms with Crippen molar-refractivity contribution in [2.75, 3.05) is 28.4 Å². The first kappa shape index (κ1) is 21.5. The van der Waals surface area contributed by atoms with Crippen molar-refractivity contribution >= 4 is 21.9 Å². The smallest absolute Gasteiger partial charge is 0.164 e. The Labute approximate surface area is 192 Å². The molecule has 2 unspecified atom stereocenters. The lowest BCUT2D eigenvalue weighted by atomic mass is 9.94. The van der Waals surface area contributed by atoms with Crippen LogP contribution in [-0.4, -0.2) is 28.4 Å². The third kappa shape index (κ3) is 3.38. The van der Waals surface area contributed by atoms with E-state index in [1.807, 2.05) is 36.4 Å². The van der Waals surface area contributed by atoms with E-state index in [-0.39, 0.29) is 0 Å². The van der Waals surface area contributed by atoms with Crippen LogP contribution in [0.5, 0.6) is 23.0 Å². The summed E-state index contributed by atoms with van der Waals surface area (Å²) in [6, 6.07) is 11.5. The summed E-state index contributed by atoms with van der Waals surface area (Å²) in [5.41, 5.74) is 0.235. The molecular formula is C26H28O7. The summed E-state index contributed by atoms with van der Waals surface area (Å²) in [6.07, 6.45) is 1.56. The Bertz CT molecular complexity index is 1150. The molecule has 0 saturated carbocycles. The van der Waals surface area contributed by atoms with Gasteiger partial charge in [-0.2, -0.15) is 0 Å². The maximum atomic E-state index is 6.68. The number of rotatable bonds is 6. The molecule has 7 heteroatoms. The fourth-order valence-electron chi connectivity index (χ4n) is 4.68. The van der Waals surface area contributed by atoms with Gasteiger partial charge < -0.3 is 32.5 Å². The van der Waals surface area contributed by atoms with E-state index < -0.39 is 11.2 Å². The topological polar surface area (TPSA) is 72.4 Å². The average Bonchev–Trinajstić information content (AvgIpc) is 3.52. The van der Waals surface area contributed by atoms with Crippen LogP contribution in [0.2, 0.25) is 0 Å². The van der Waals surface area contributed by atoms with Crippen molar-refractivity contribution in [3.8, 4) is 23.0 Å². The van der Waals surface area contributed by atoms with E-state index in [2.05, 4.69) is 13.8 Å². The number of furan rings is 2. The molecule has 0 amide bonds. The van der Waals surface area contributed by atoms with Gasteiger partial charge in [0.1, 0.15) is 33.9 Å². The molecule has 4 aromatic rings. The van der Waals surface area contributed by atoms with Gasteiger partial charge in [0.2, 0.25) is 0 Å². The lowest BCUT2D eigenvalue weighted by molar-refractivity contribution is -0.111. The molecule has 0 spiro atoms. The number of benzene rings is 2. The van der Waals surface area contributed by atoms with Crippen LogP contribution >= 0.6 is 0 Å². The summed E-state index contributed by atoms with van der Waals surface area (Å²) in [5.74, 6) is 4.09. The maximum absolute atomic E-state index is 6.68. The van der Waals surface area contributed by atoms with Crippen LogP contribution in [0.25, 0.3) is 21.9 Å². The van der Waals surface area contributed by atoms with Crippen LogP contribution in [0.4, 0.5) is 0 Å². The van der Waals surface area contributed by atoms with Crippen molar-refractivity contribution in [1.82, 2.24) is 0 Å². The second kappa shape index (κ2) is 7.63. The fraction of sp³-hybridized carbons (Fsp3) is 0.385. The first-order valence-corrected chi connectivity index (χ1v) is 10.8. The van der Waals surface area contributed by atoms with Gasteiger partial charge in [0, 0.05) is 22.9 Å². The van der Waals surface area contributed by atoms with E-state index in [0.717, 1.165) is 46.3 Å². The number of methoxy groups -OCH3 is 4. The van der Waals surface area contributed by atoms with Crippen LogP contribution < -0.4 is 18.9 Å². The highest BCUT2D eigenvalue weighted by Gasteiger charge is 2.49. The Hall–Kier alpha value is -3.32. The molecule has 1 saturated heterocycles. The second-order valence-electron chi connectivity index (χ2n) is 8.78.